The molecule has 0 radical (unpaired) electrons. The Morgan fingerprint density at radius 3 is 2.57 bits per heavy atom. The van der Waals surface area contributed by atoms with Crippen molar-refractivity contribution in [3.8, 4) is 10.6 Å². The zero-order valence-corrected chi connectivity index (χ0v) is 11.7. The van der Waals surface area contributed by atoms with E-state index in [0.29, 0.717) is 12.1 Å². The number of thiazole rings is 1. The minimum absolute atomic E-state index is 0.00324. The van der Waals surface area contributed by atoms with Gasteiger partial charge in [0.2, 0.25) is 0 Å². The van der Waals surface area contributed by atoms with Crippen molar-refractivity contribution in [2.75, 3.05) is 7.11 Å². The standard InChI is InChI=1S/C13H9F4NO2S/c1-6-10(12(19)20-2)21-11(18-6)8-5-7(13(15,16)17)3-4-9(8)14/h3-5H,1-2H3. The van der Waals surface area contributed by atoms with E-state index < -0.39 is 23.5 Å². The van der Waals surface area contributed by atoms with Crippen LogP contribution in [0.3, 0.4) is 0 Å². The Morgan fingerprint density at radius 2 is 2.00 bits per heavy atom. The SMILES string of the molecule is COC(=O)c1sc(-c2cc(C(F)(F)F)ccc2F)nc1C. The van der Waals surface area contributed by atoms with E-state index in [9.17, 15) is 22.4 Å². The number of ether oxygens (including phenoxy) is 1. The van der Waals surface area contributed by atoms with Crippen LogP contribution in [0.1, 0.15) is 20.9 Å². The number of hydrogen-bond donors (Lipinski definition) is 0. The van der Waals surface area contributed by atoms with Crippen molar-refractivity contribution in [2.45, 2.75) is 13.1 Å². The van der Waals surface area contributed by atoms with Crippen molar-refractivity contribution in [1.82, 2.24) is 4.98 Å². The van der Waals surface area contributed by atoms with Crippen molar-refractivity contribution < 1.29 is 27.1 Å². The Labute approximate surface area is 121 Å². The predicted molar refractivity (Wildman–Crippen MR) is 68.6 cm³/mol. The van der Waals surface area contributed by atoms with Gasteiger partial charge >= 0.3 is 12.1 Å². The molecule has 1 aromatic heterocycles. The van der Waals surface area contributed by atoms with Crippen LogP contribution in [0.15, 0.2) is 18.2 Å². The number of carbonyl (C=O) groups excluding carboxylic acids is 1. The highest BCUT2D eigenvalue weighted by molar-refractivity contribution is 7.17. The molecular formula is C13H9F4NO2S. The van der Waals surface area contributed by atoms with Crippen LogP contribution in [0, 0.1) is 12.7 Å². The molecule has 0 atom stereocenters. The molecule has 112 valence electrons. The Hall–Kier alpha value is -1.96. The van der Waals surface area contributed by atoms with Crippen LogP contribution in [-0.4, -0.2) is 18.1 Å². The van der Waals surface area contributed by atoms with E-state index in [1.807, 2.05) is 0 Å². The molecule has 3 nitrogen and oxygen atoms in total. The number of aryl methyl sites for hydroxylation is 1. The Balaban J connectivity index is 2.54. The van der Waals surface area contributed by atoms with Crippen molar-refractivity contribution >= 4 is 17.3 Å². The Bertz CT molecular complexity index is 694. The van der Waals surface area contributed by atoms with E-state index >= 15 is 0 Å². The van der Waals surface area contributed by atoms with Crippen LogP contribution in [0.4, 0.5) is 17.6 Å². The van der Waals surface area contributed by atoms with E-state index in [-0.39, 0.29) is 21.1 Å². The molecule has 0 unspecified atom stereocenters. The lowest BCUT2D eigenvalue weighted by Crippen LogP contribution is -2.05. The maximum atomic E-state index is 13.8. The largest absolute Gasteiger partial charge is 0.465 e. The number of nitrogens with zero attached hydrogens (tertiary/aromatic N) is 1. The molecule has 8 heteroatoms. The molecule has 0 aliphatic heterocycles. The molecule has 0 saturated carbocycles. The van der Waals surface area contributed by atoms with Gasteiger partial charge in [0, 0.05) is 5.56 Å². The van der Waals surface area contributed by atoms with Gasteiger partial charge < -0.3 is 4.74 Å². The maximum absolute atomic E-state index is 13.8. The lowest BCUT2D eigenvalue weighted by atomic mass is 10.1. The first-order valence-corrected chi connectivity index (χ1v) is 6.48. The molecule has 2 rings (SSSR count). The van der Waals surface area contributed by atoms with Crippen molar-refractivity contribution in [1.29, 1.82) is 0 Å². The highest BCUT2D eigenvalue weighted by Gasteiger charge is 2.31. The van der Waals surface area contributed by atoms with E-state index in [4.69, 9.17) is 0 Å². The van der Waals surface area contributed by atoms with Gasteiger partial charge in [-0.1, -0.05) is 0 Å². The maximum Gasteiger partial charge on any atom is 0.416 e. The van der Waals surface area contributed by atoms with Crippen LogP contribution >= 0.6 is 11.3 Å². The van der Waals surface area contributed by atoms with Crippen LogP contribution in [0.25, 0.3) is 10.6 Å². The van der Waals surface area contributed by atoms with Gasteiger partial charge in [0.15, 0.2) is 0 Å². The third-order valence-corrected chi connectivity index (χ3v) is 3.86. The molecular weight excluding hydrogens is 310 g/mol. The molecule has 1 aromatic carbocycles. The number of esters is 1. The molecule has 21 heavy (non-hydrogen) atoms. The van der Waals surface area contributed by atoms with Gasteiger partial charge in [-0.2, -0.15) is 13.2 Å². The summed E-state index contributed by atoms with van der Waals surface area (Å²) in [5, 5.41) is -0.00324. The smallest absolute Gasteiger partial charge is 0.416 e. The first kappa shape index (κ1) is 15.4. The fourth-order valence-corrected chi connectivity index (χ4v) is 2.66. The number of halogens is 4. The molecule has 0 saturated heterocycles. The second-order valence-electron chi connectivity index (χ2n) is 4.12. The lowest BCUT2D eigenvalue weighted by Gasteiger charge is -2.08. The average Bonchev–Trinajstić information content (AvgIpc) is 2.79. The fourth-order valence-electron chi connectivity index (χ4n) is 1.66. The van der Waals surface area contributed by atoms with Crippen LogP contribution < -0.4 is 0 Å². The van der Waals surface area contributed by atoms with Gasteiger partial charge in [0.05, 0.1) is 18.4 Å². The summed E-state index contributed by atoms with van der Waals surface area (Å²) in [6, 6.07) is 2.06. The quantitative estimate of drug-likeness (QED) is 0.619. The van der Waals surface area contributed by atoms with Gasteiger partial charge in [0.25, 0.3) is 0 Å². The summed E-state index contributed by atoms with van der Waals surface area (Å²) in [4.78, 5) is 15.5. The average molecular weight is 319 g/mol. The molecule has 0 bridgehead atoms. The number of hydrogen-bond acceptors (Lipinski definition) is 4. The number of rotatable bonds is 2. The molecule has 0 aliphatic rings. The summed E-state index contributed by atoms with van der Waals surface area (Å²) in [6.07, 6.45) is -4.58. The predicted octanol–water partition coefficient (Wildman–Crippen LogP) is 4.06. The first-order valence-electron chi connectivity index (χ1n) is 5.67. The third-order valence-electron chi connectivity index (χ3n) is 2.69. The van der Waals surface area contributed by atoms with Crippen molar-refractivity contribution in [3.05, 3.63) is 40.2 Å². The number of alkyl halides is 3. The highest BCUT2D eigenvalue weighted by atomic mass is 32.1. The first-order chi connectivity index (χ1) is 9.74. The monoisotopic (exact) mass is 319 g/mol. The van der Waals surface area contributed by atoms with Crippen LogP contribution in [0.5, 0.6) is 0 Å². The number of carbonyl (C=O) groups is 1. The summed E-state index contributed by atoms with van der Waals surface area (Å²) in [5.74, 6) is -1.50. The van der Waals surface area contributed by atoms with Gasteiger partial charge in [-0.05, 0) is 25.1 Å². The van der Waals surface area contributed by atoms with Gasteiger partial charge in [-0.25, -0.2) is 14.2 Å². The van der Waals surface area contributed by atoms with E-state index in [2.05, 4.69) is 9.72 Å². The van der Waals surface area contributed by atoms with Gasteiger partial charge in [-0.15, -0.1) is 11.3 Å². The van der Waals surface area contributed by atoms with Crippen molar-refractivity contribution in [2.24, 2.45) is 0 Å². The minimum Gasteiger partial charge on any atom is -0.465 e. The highest BCUT2D eigenvalue weighted by Crippen LogP contribution is 2.35. The Morgan fingerprint density at radius 1 is 1.33 bits per heavy atom. The molecule has 1 heterocycles. The molecule has 0 amide bonds. The lowest BCUT2D eigenvalue weighted by molar-refractivity contribution is -0.137. The van der Waals surface area contributed by atoms with Gasteiger partial charge in [-0.3, -0.25) is 0 Å². The molecule has 0 N–H and O–H groups in total. The van der Waals surface area contributed by atoms with Gasteiger partial charge in [0.1, 0.15) is 15.7 Å². The Kier molecular flexibility index (Phi) is 3.99. The molecule has 0 aliphatic carbocycles. The second kappa shape index (κ2) is 5.44. The molecule has 0 spiro atoms. The van der Waals surface area contributed by atoms with Crippen LogP contribution in [0.2, 0.25) is 0 Å². The molecule has 2 aromatic rings. The zero-order chi connectivity index (χ0) is 15.8. The summed E-state index contributed by atoms with van der Waals surface area (Å²) in [7, 11) is 1.17. The number of methoxy groups -OCH3 is 1. The molecule has 0 fully saturated rings. The van der Waals surface area contributed by atoms with E-state index in [1.54, 1.807) is 0 Å². The summed E-state index contributed by atoms with van der Waals surface area (Å²) in [6.45, 7) is 1.50. The number of benzene rings is 1. The van der Waals surface area contributed by atoms with E-state index in [0.717, 1.165) is 17.4 Å². The van der Waals surface area contributed by atoms with Crippen LogP contribution in [-0.2, 0) is 10.9 Å². The zero-order valence-electron chi connectivity index (χ0n) is 10.9. The third kappa shape index (κ3) is 3.05. The summed E-state index contributed by atoms with van der Waals surface area (Å²) < 4.78 is 56.3. The fraction of sp³-hybridized carbons (Fsp3) is 0.231. The minimum atomic E-state index is -4.58. The topological polar surface area (TPSA) is 39.2 Å². The second-order valence-corrected chi connectivity index (χ2v) is 5.12. The summed E-state index contributed by atoms with van der Waals surface area (Å²) >= 11 is 0.786. The van der Waals surface area contributed by atoms with E-state index in [1.165, 1.54) is 14.0 Å². The number of aromatic nitrogens is 1. The van der Waals surface area contributed by atoms with Crippen molar-refractivity contribution in [3.63, 3.8) is 0 Å². The normalized spacial score (nSPS) is 11.5. The summed E-state index contributed by atoms with van der Waals surface area (Å²) in [5.41, 5.74) is -1.00.